The van der Waals surface area contributed by atoms with E-state index in [-0.39, 0.29) is 12.4 Å². The molecule has 0 spiro atoms. The first-order valence-corrected chi connectivity index (χ1v) is 11.0. The van der Waals surface area contributed by atoms with Crippen LogP contribution in [0, 0.1) is 0 Å². The lowest BCUT2D eigenvalue weighted by molar-refractivity contribution is 0.0320. The highest BCUT2D eigenvalue weighted by molar-refractivity contribution is 6.12. The summed E-state index contributed by atoms with van der Waals surface area (Å²) in [7, 11) is 0. The van der Waals surface area contributed by atoms with Gasteiger partial charge in [0.15, 0.2) is 5.78 Å². The standard InChI is InChI=1S/C26H30O4/c27-14-16-30-18-17-29-15-3-1-2-7-24(28)22-12-10-21-9-8-19-5-4-6-20-11-13-23(22)26(21)25(19)20/h4,6,8-13,19,27H,1-3,5,7,14-18H2. The van der Waals surface area contributed by atoms with Crippen LogP contribution in [0.4, 0.5) is 0 Å². The fraction of sp³-hybridized carbons (Fsp3) is 0.423. The van der Waals surface area contributed by atoms with Crippen LogP contribution in [0.15, 0.2) is 36.4 Å². The second-order valence-corrected chi connectivity index (χ2v) is 7.98. The minimum atomic E-state index is 0.0445. The number of carbonyl (C=O) groups excluding carboxylic acids is 1. The summed E-state index contributed by atoms with van der Waals surface area (Å²) in [6.07, 6.45) is 13.4. The van der Waals surface area contributed by atoms with Gasteiger partial charge in [-0.25, -0.2) is 0 Å². The van der Waals surface area contributed by atoms with E-state index in [9.17, 15) is 4.79 Å². The molecule has 2 aromatic carbocycles. The summed E-state index contributed by atoms with van der Waals surface area (Å²) in [6.45, 7) is 2.14. The molecule has 0 radical (unpaired) electrons. The third kappa shape index (κ3) is 4.56. The van der Waals surface area contributed by atoms with E-state index < -0.39 is 0 Å². The van der Waals surface area contributed by atoms with Crippen LogP contribution >= 0.6 is 0 Å². The number of rotatable bonds is 12. The number of Topliss-reactive ketones (excluding diaryl/α,β-unsaturated/α-hetero) is 1. The number of aliphatic hydroxyl groups excluding tert-OH is 1. The predicted molar refractivity (Wildman–Crippen MR) is 121 cm³/mol. The molecule has 0 heterocycles. The minimum absolute atomic E-state index is 0.0445. The summed E-state index contributed by atoms with van der Waals surface area (Å²) >= 11 is 0. The Morgan fingerprint density at radius 1 is 0.933 bits per heavy atom. The second kappa shape index (κ2) is 10.2. The third-order valence-corrected chi connectivity index (χ3v) is 5.95. The molecule has 0 saturated heterocycles. The van der Waals surface area contributed by atoms with Crippen LogP contribution in [-0.4, -0.2) is 43.9 Å². The maximum atomic E-state index is 13.0. The van der Waals surface area contributed by atoms with Crippen molar-refractivity contribution in [1.29, 1.82) is 0 Å². The highest BCUT2D eigenvalue weighted by atomic mass is 16.5. The van der Waals surface area contributed by atoms with Crippen molar-refractivity contribution in [3.05, 3.63) is 58.7 Å². The Labute approximate surface area is 178 Å². The number of ketones is 1. The lowest BCUT2D eigenvalue weighted by atomic mass is 9.78. The number of benzene rings is 2. The van der Waals surface area contributed by atoms with Gasteiger partial charge in [-0.05, 0) is 46.7 Å². The van der Waals surface area contributed by atoms with Gasteiger partial charge in [-0.2, -0.15) is 0 Å². The molecule has 2 aromatic rings. The molecule has 4 rings (SSSR count). The maximum Gasteiger partial charge on any atom is 0.163 e. The Morgan fingerprint density at radius 3 is 2.63 bits per heavy atom. The number of hydrogen-bond acceptors (Lipinski definition) is 4. The molecule has 0 fully saturated rings. The second-order valence-electron chi connectivity index (χ2n) is 7.98. The van der Waals surface area contributed by atoms with Gasteiger partial charge in [0.2, 0.25) is 0 Å². The molecule has 0 bridgehead atoms. The topological polar surface area (TPSA) is 55.8 Å². The quantitative estimate of drug-likeness (QED) is 0.392. The molecule has 0 amide bonds. The van der Waals surface area contributed by atoms with E-state index in [1.807, 2.05) is 6.07 Å². The molecule has 2 aliphatic carbocycles. The summed E-state index contributed by atoms with van der Waals surface area (Å²) in [5.74, 6) is 0.665. The van der Waals surface area contributed by atoms with E-state index in [0.717, 1.165) is 36.6 Å². The van der Waals surface area contributed by atoms with Gasteiger partial charge < -0.3 is 14.6 Å². The van der Waals surface area contributed by atoms with E-state index in [1.165, 1.54) is 22.1 Å². The van der Waals surface area contributed by atoms with Gasteiger partial charge >= 0.3 is 0 Å². The van der Waals surface area contributed by atoms with Crippen LogP contribution in [0.1, 0.15) is 65.1 Å². The minimum Gasteiger partial charge on any atom is -0.394 e. The lowest BCUT2D eigenvalue weighted by Crippen LogP contribution is -2.09. The number of ether oxygens (including phenoxy) is 2. The Morgan fingerprint density at radius 2 is 1.77 bits per heavy atom. The van der Waals surface area contributed by atoms with Gasteiger partial charge in [-0.1, -0.05) is 55.0 Å². The predicted octanol–water partition coefficient (Wildman–Crippen LogP) is 5.14. The molecule has 30 heavy (non-hydrogen) atoms. The van der Waals surface area contributed by atoms with Gasteiger partial charge in [-0.3, -0.25) is 4.79 Å². The fourth-order valence-electron chi connectivity index (χ4n) is 4.49. The first-order chi connectivity index (χ1) is 14.8. The van der Waals surface area contributed by atoms with Crippen molar-refractivity contribution >= 4 is 28.7 Å². The first kappa shape index (κ1) is 21.0. The summed E-state index contributed by atoms with van der Waals surface area (Å²) in [5, 5.41) is 11.0. The first-order valence-electron chi connectivity index (χ1n) is 11.0. The normalized spacial score (nSPS) is 16.4. The van der Waals surface area contributed by atoms with E-state index in [1.54, 1.807) is 0 Å². The number of hydrogen-bond donors (Lipinski definition) is 1. The van der Waals surface area contributed by atoms with Crippen molar-refractivity contribution in [2.24, 2.45) is 0 Å². The van der Waals surface area contributed by atoms with Crippen LogP contribution < -0.4 is 0 Å². The zero-order valence-corrected chi connectivity index (χ0v) is 17.4. The van der Waals surface area contributed by atoms with Gasteiger partial charge in [-0.15, -0.1) is 0 Å². The Kier molecular flexibility index (Phi) is 7.11. The summed E-state index contributed by atoms with van der Waals surface area (Å²) in [5.41, 5.74) is 4.76. The zero-order valence-electron chi connectivity index (χ0n) is 17.4. The van der Waals surface area contributed by atoms with Crippen molar-refractivity contribution in [3.63, 3.8) is 0 Å². The van der Waals surface area contributed by atoms with Crippen LogP contribution in [0.5, 0.6) is 0 Å². The Bertz CT molecular complexity index is 957. The molecule has 0 saturated carbocycles. The fourth-order valence-corrected chi connectivity index (χ4v) is 4.49. The molecule has 4 nitrogen and oxygen atoms in total. The molecule has 1 atom stereocenters. The molecule has 1 N–H and O–H groups in total. The number of aliphatic hydroxyl groups is 1. The number of unbranched alkanes of at least 4 members (excludes halogenated alkanes) is 2. The van der Waals surface area contributed by atoms with Crippen molar-refractivity contribution in [2.75, 3.05) is 33.0 Å². The summed E-state index contributed by atoms with van der Waals surface area (Å²) in [6, 6.07) is 8.41. The Balaban J connectivity index is 1.33. The monoisotopic (exact) mass is 406 g/mol. The maximum absolute atomic E-state index is 13.0. The third-order valence-electron chi connectivity index (χ3n) is 5.95. The molecule has 158 valence electrons. The SMILES string of the molecule is O=C(CCCCCOCCOCCO)c1ccc2c3c4c(ccc13)C=CCC4C=C2. The van der Waals surface area contributed by atoms with Crippen LogP contribution in [-0.2, 0) is 9.47 Å². The zero-order chi connectivity index (χ0) is 20.8. The van der Waals surface area contributed by atoms with Crippen molar-refractivity contribution in [1.82, 2.24) is 0 Å². The average molecular weight is 407 g/mol. The van der Waals surface area contributed by atoms with Gasteiger partial charge in [0.1, 0.15) is 0 Å². The van der Waals surface area contributed by atoms with Gasteiger partial charge in [0, 0.05) is 24.5 Å². The molecule has 4 heteroatoms. The summed E-state index contributed by atoms with van der Waals surface area (Å²) < 4.78 is 10.7. The summed E-state index contributed by atoms with van der Waals surface area (Å²) in [4.78, 5) is 13.0. The highest BCUT2D eigenvalue weighted by Gasteiger charge is 2.24. The molecule has 1 unspecified atom stereocenters. The Hall–Kier alpha value is -2.27. The van der Waals surface area contributed by atoms with Crippen molar-refractivity contribution in [3.8, 4) is 0 Å². The molecular weight excluding hydrogens is 376 g/mol. The van der Waals surface area contributed by atoms with Crippen molar-refractivity contribution in [2.45, 2.75) is 38.0 Å². The molecule has 0 aliphatic heterocycles. The van der Waals surface area contributed by atoms with Gasteiger partial charge in [0.05, 0.1) is 26.4 Å². The van der Waals surface area contributed by atoms with E-state index in [4.69, 9.17) is 14.6 Å². The highest BCUT2D eigenvalue weighted by Crippen LogP contribution is 2.42. The van der Waals surface area contributed by atoms with E-state index in [2.05, 4.69) is 42.5 Å². The van der Waals surface area contributed by atoms with Crippen LogP contribution in [0.25, 0.3) is 22.9 Å². The molecular formula is C26H30O4. The van der Waals surface area contributed by atoms with E-state index >= 15 is 0 Å². The molecule has 0 aromatic heterocycles. The average Bonchev–Trinajstić information content (AvgIpc) is 2.78. The molecule has 2 aliphatic rings. The van der Waals surface area contributed by atoms with Crippen molar-refractivity contribution < 1.29 is 19.4 Å². The number of carbonyl (C=O) groups is 1. The smallest absolute Gasteiger partial charge is 0.163 e. The van der Waals surface area contributed by atoms with Crippen LogP contribution in [0.3, 0.4) is 0 Å². The van der Waals surface area contributed by atoms with E-state index in [0.29, 0.717) is 38.8 Å². The van der Waals surface area contributed by atoms with Crippen LogP contribution in [0.2, 0.25) is 0 Å². The van der Waals surface area contributed by atoms with Gasteiger partial charge in [0.25, 0.3) is 0 Å². The largest absolute Gasteiger partial charge is 0.394 e. The number of allylic oxidation sites excluding steroid dienone is 2. The lowest BCUT2D eigenvalue weighted by Gasteiger charge is -2.26.